The summed E-state index contributed by atoms with van der Waals surface area (Å²) in [5.41, 5.74) is 2.28. The van der Waals surface area contributed by atoms with Gasteiger partial charge in [-0.3, -0.25) is 4.98 Å². The van der Waals surface area contributed by atoms with Gasteiger partial charge in [-0.05, 0) is 25.1 Å². The Balaban J connectivity index is 2.81. The van der Waals surface area contributed by atoms with Crippen molar-refractivity contribution in [2.45, 2.75) is 26.3 Å². The molecule has 0 bridgehead atoms. The summed E-state index contributed by atoms with van der Waals surface area (Å²) in [5.74, 6) is 0.516. The number of hydrogen-bond donors (Lipinski definition) is 1. The average molecular weight is 164 g/mol. The third-order valence-corrected chi connectivity index (χ3v) is 1.78. The summed E-state index contributed by atoms with van der Waals surface area (Å²) in [6.45, 7) is 5.16. The summed E-state index contributed by atoms with van der Waals surface area (Å²) in [4.78, 5) is 4.50. The first-order chi connectivity index (χ1) is 5.74. The molecule has 0 amide bonds. The predicted molar refractivity (Wildman–Crippen MR) is 51.1 cm³/mol. The molecule has 0 unspecified atom stereocenters. The van der Waals surface area contributed by atoms with E-state index in [2.05, 4.69) is 36.3 Å². The number of hydrogen-bond acceptors (Lipinski definition) is 2. The van der Waals surface area contributed by atoms with Gasteiger partial charge < -0.3 is 5.32 Å². The van der Waals surface area contributed by atoms with Gasteiger partial charge in [0.05, 0.1) is 5.69 Å². The highest BCUT2D eigenvalue weighted by Gasteiger charge is 2.00. The summed E-state index contributed by atoms with van der Waals surface area (Å²) in [7, 11) is 1.93. The van der Waals surface area contributed by atoms with Crippen molar-refractivity contribution >= 4 is 0 Å². The zero-order chi connectivity index (χ0) is 8.97. The van der Waals surface area contributed by atoms with E-state index in [9.17, 15) is 0 Å². The number of aromatic nitrogens is 1. The van der Waals surface area contributed by atoms with E-state index in [0.29, 0.717) is 5.92 Å². The van der Waals surface area contributed by atoms with E-state index < -0.39 is 0 Å². The van der Waals surface area contributed by atoms with Crippen LogP contribution >= 0.6 is 0 Å². The van der Waals surface area contributed by atoms with Gasteiger partial charge in [0.25, 0.3) is 0 Å². The fourth-order valence-corrected chi connectivity index (χ4v) is 1.10. The van der Waals surface area contributed by atoms with E-state index in [1.54, 1.807) is 0 Å². The maximum absolute atomic E-state index is 4.50. The minimum absolute atomic E-state index is 0.516. The molecule has 0 radical (unpaired) electrons. The van der Waals surface area contributed by atoms with Gasteiger partial charge >= 0.3 is 0 Å². The molecule has 1 heterocycles. The van der Waals surface area contributed by atoms with E-state index in [4.69, 9.17) is 0 Å². The second kappa shape index (κ2) is 4.21. The zero-order valence-corrected chi connectivity index (χ0v) is 7.96. The third-order valence-electron chi connectivity index (χ3n) is 1.78. The van der Waals surface area contributed by atoms with Crippen molar-refractivity contribution in [3.05, 3.63) is 29.6 Å². The second-order valence-corrected chi connectivity index (χ2v) is 3.24. The highest BCUT2D eigenvalue weighted by atomic mass is 14.9. The predicted octanol–water partition coefficient (Wildman–Crippen LogP) is 1.92. The molecule has 0 aliphatic rings. The number of nitrogens with one attached hydrogen (secondary N) is 1. The van der Waals surface area contributed by atoms with Crippen LogP contribution in [0.1, 0.15) is 31.2 Å². The monoisotopic (exact) mass is 164 g/mol. The molecule has 0 aliphatic heterocycles. The molecular weight excluding hydrogens is 148 g/mol. The quantitative estimate of drug-likeness (QED) is 0.738. The van der Waals surface area contributed by atoms with E-state index in [0.717, 1.165) is 12.2 Å². The molecule has 66 valence electrons. The number of pyridine rings is 1. The van der Waals surface area contributed by atoms with Crippen LogP contribution in [0.25, 0.3) is 0 Å². The van der Waals surface area contributed by atoms with Crippen LogP contribution in [0.4, 0.5) is 0 Å². The van der Waals surface area contributed by atoms with E-state index >= 15 is 0 Å². The first-order valence-corrected chi connectivity index (χ1v) is 4.34. The lowest BCUT2D eigenvalue weighted by atomic mass is 10.1. The molecule has 0 atom stereocenters. The Labute approximate surface area is 74.0 Å². The van der Waals surface area contributed by atoms with Crippen LogP contribution in [0.3, 0.4) is 0 Å². The first kappa shape index (κ1) is 9.20. The highest BCUT2D eigenvalue weighted by Crippen LogP contribution is 2.10. The topological polar surface area (TPSA) is 24.9 Å². The van der Waals surface area contributed by atoms with Crippen molar-refractivity contribution < 1.29 is 0 Å². The van der Waals surface area contributed by atoms with Gasteiger partial charge in [0.1, 0.15) is 0 Å². The summed E-state index contributed by atoms with van der Waals surface area (Å²) < 4.78 is 0. The van der Waals surface area contributed by atoms with Crippen molar-refractivity contribution in [2.24, 2.45) is 0 Å². The van der Waals surface area contributed by atoms with Crippen LogP contribution in [0.2, 0.25) is 0 Å². The molecule has 12 heavy (non-hydrogen) atoms. The SMILES string of the molecule is CNCc1cccc(C(C)C)n1. The van der Waals surface area contributed by atoms with Crippen molar-refractivity contribution in [3.63, 3.8) is 0 Å². The van der Waals surface area contributed by atoms with Crippen LogP contribution in [0, 0.1) is 0 Å². The van der Waals surface area contributed by atoms with E-state index in [-0.39, 0.29) is 0 Å². The standard InChI is InChI=1S/C10H16N2/c1-8(2)10-6-4-5-9(12-10)7-11-3/h4-6,8,11H,7H2,1-3H3. The summed E-state index contributed by atoms with van der Waals surface area (Å²) in [6.07, 6.45) is 0. The van der Waals surface area contributed by atoms with Gasteiger partial charge in [-0.15, -0.1) is 0 Å². The smallest absolute Gasteiger partial charge is 0.0545 e. The van der Waals surface area contributed by atoms with Crippen LogP contribution in [-0.4, -0.2) is 12.0 Å². The normalized spacial score (nSPS) is 10.7. The largest absolute Gasteiger partial charge is 0.314 e. The third kappa shape index (κ3) is 2.31. The Bertz CT molecular complexity index is 243. The maximum Gasteiger partial charge on any atom is 0.0545 e. The zero-order valence-electron chi connectivity index (χ0n) is 7.96. The molecule has 0 saturated carbocycles. The minimum Gasteiger partial charge on any atom is -0.314 e. The number of rotatable bonds is 3. The van der Waals surface area contributed by atoms with E-state index in [1.165, 1.54) is 5.69 Å². The lowest BCUT2D eigenvalue weighted by Gasteiger charge is -2.06. The fraction of sp³-hybridized carbons (Fsp3) is 0.500. The van der Waals surface area contributed by atoms with Crippen molar-refractivity contribution in [2.75, 3.05) is 7.05 Å². The molecule has 0 spiro atoms. The van der Waals surface area contributed by atoms with Gasteiger partial charge in [0.2, 0.25) is 0 Å². The molecule has 0 aliphatic carbocycles. The molecule has 2 heteroatoms. The van der Waals surface area contributed by atoms with Crippen LogP contribution in [-0.2, 0) is 6.54 Å². The second-order valence-electron chi connectivity index (χ2n) is 3.24. The van der Waals surface area contributed by atoms with Crippen LogP contribution in [0.5, 0.6) is 0 Å². The van der Waals surface area contributed by atoms with Crippen LogP contribution < -0.4 is 5.32 Å². The molecule has 1 aromatic rings. The van der Waals surface area contributed by atoms with E-state index in [1.807, 2.05) is 13.1 Å². The Morgan fingerprint density at radius 1 is 1.42 bits per heavy atom. The molecule has 1 rings (SSSR count). The molecule has 2 nitrogen and oxygen atoms in total. The molecule has 0 fully saturated rings. The molecule has 0 aromatic carbocycles. The molecule has 1 aromatic heterocycles. The molecule has 1 N–H and O–H groups in total. The van der Waals surface area contributed by atoms with Gasteiger partial charge in [-0.1, -0.05) is 19.9 Å². The van der Waals surface area contributed by atoms with Gasteiger partial charge in [0.15, 0.2) is 0 Å². The summed E-state index contributed by atoms with van der Waals surface area (Å²) >= 11 is 0. The van der Waals surface area contributed by atoms with Crippen molar-refractivity contribution in [1.29, 1.82) is 0 Å². The van der Waals surface area contributed by atoms with Crippen molar-refractivity contribution in [3.8, 4) is 0 Å². The van der Waals surface area contributed by atoms with Gasteiger partial charge in [0, 0.05) is 12.2 Å². The molecule has 0 saturated heterocycles. The molecular formula is C10H16N2. The lowest BCUT2D eigenvalue weighted by Crippen LogP contribution is -2.08. The van der Waals surface area contributed by atoms with Gasteiger partial charge in [-0.25, -0.2) is 0 Å². The minimum atomic E-state index is 0.516. The fourth-order valence-electron chi connectivity index (χ4n) is 1.10. The summed E-state index contributed by atoms with van der Waals surface area (Å²) in [6, 6.07) is 6.18. The maximum atomic E-state index is 4.50. The Kier molecular flexibility index (Phi) is 3.23. The first-order valence-electron chi connectivity index (χ1n) is 4.34. The Hall–Kier alpha value is -0.890. The summed E-state index contributed by atoms with van der Waals surface area (Å²) in [5, 5.41) is 3.09. The average Bonchev–Trinajstić information content (AvgIpc) is 2.05. The Morgan fingerprint density at radius 3 is 2.75 bits per heavy atom. The lowest BCUT2D eigenvalue weighted by molar-refractivity contribution is 0.756. The van der Waals surface area contributed by atoms with Crippen molar-refractivity contribution in [1.82, 2.24) is 10.3 Å². The highest BCUT2D eigenvalue weighted by molar-refractivity contribution is 5.13. The van der Waals surface area contributed by atoms with Crippen LogP contribution in [0.15, 0.2) is 18.2 Å². The Morgan fingerprint density at radius 2 is 2.17 bits per heavy atom. The van der Waals surface area contributed by atoms with Gasteiger partial charge in [-0.2, -0.15) is 0 Å². The number of nitrogens with zero attached hydrogens (tertiary/aromatic N) is 1.